The highest BCUT2D eigenvalue weighted by molar-refractivity contribution is 14.1. The van der Waals surface area contributed by atoms with Crippen LogP contribution in [-0.2, 0) is 4.74 Å². The molecule has 0 amide bonds. The number of hydrogen-bond donors (Lipinski definition) is 0. The van der Waals surface area contributed by atoms with Gasteiger partial charge in [0.2, 0.25) is 0 Å². The maximum Gasteiger partial charge on any atom is 0.0696 e. The summed E-state index contributed by atoms with van der Waals surface area (Å²) >= 11 is 2.60. The van der Waals surface area contributed by atoms with E-state index in [-0.39, 0.29) is 0 Å². The van der Waals surface area contributed by atoms with Crippen molar-refractivity contribution in [1.29, 1.82) is 0 Å². The monoisotopic (exact) mass is 350 g/mol. The second kappa shape index (κ2) is 5.77. The Morgan fingerprint density at radius 2 is 1.82 bits per heavy atom. The van der Waals surface area contributed by atoms with Gasteiger partial charge in [-0.1, -0.05) is 56.2 Å². The summed E-state index contributed by atoms with van der Waals surface area (Å²) in [6, 6.07) is 0. The standard InChI is InChI=1S/C15H27IO/c1-11-8-12(10-15(2,3)9-11)17-14-7-5-4-6-13(14)16/h11-14H,4-10H2,1-3H3. The molecule has 4 unspecified atom stereocenters. The summed E-state index contributed by atoms with van der Waals surface area (Å²) in [6.07, 6.45) is 10.4. The van der Waals surface area contributed by atoms with E-state index in [9.17, 15) is 0 Å². The Bertz CT molecular complexity index is 251. The maximum absolute atomic E-state index is 6.44. The van der Waals surface area contributed by atoms with Crippen LogP contribution in [0.1, 0.15) is 65.7 Å². The Kier molecular flexibility index (Phi) is 4.79. The predicted octanol–water partition coefficient (Wildman–Crippen LogP) is 4.96. The van der Waals surface area contributed by atoms with Gasteiger partial charge in [-0.2, -0.15) is 0 Å². The van der Waals surface area contributed by atoms with E-state index in [2.05, 4.69) is 43.4 Å². The lowest BCUT2D eigenvalue weighted by Gasteiger charge is -2.41. The molecule has 17 heavy (non-hydrogen) atoms. The molecule has 4 atom stereocenters. The van der Waals surface area contributed by atoms with E-state index in [0.29, 0.717) is 17.6 Å². The number of hydrogen-bond acceptors (Lipinski definition) is 1. The van der Waals surface area contributed by atoms with Crippen molar-refractivity contribution in [3.63, 3.8) is 0 Å². The lowest BCUT2D eigenvalue weighted by molar-refractivity contribution is -0.0720. The van der Waals surface area contributed by atoms with Crippen LogP contribution >= 0.6 is 22.6 Å². The average molecular weight is 350 g/mol. The quantitative estimate of drug-likeness (QED) is 0.505. The van der Waals surface area contributed by atoms with Gasteiger partial charge in [0.05, 0.1) is 12.2 Å². The highest BCUT2D eigenvalue weighted by Gasteiger charge is 2.35. The minimum Gasteiger partial charge on any atom is -0.374 e. The van der Waals surface area contributed by atoms with Gasteiger partial charge in [-0.05, 0) is 43.4 Å². The SMILES string of the molecule is CC1CC(OC2CCCCC2I)CC(C)(C)C1. The maximum atomic E-state index is 6.44. The summed E-state index contributed by atoms with van der Waals surface area (Å²) < 4.78 is 7.19. The second-order valence-electron chi connectivity index (χ2n) is 7.01. The van der Waals surface area contributed by atoms with Crippen LogP contribution in [-0.4, -0.2) is 16.1 Å². The van der Waals surface area contributed by atoms with Crippen LogP contribution in [0.5, 0.6) is 0 Å². The average Bonchev–Trinajstić information content (AvgIpc) is 2.18. The molecule has 0 spiro atoms. The van der Waals surface area contributed by atoms with Crippen LogP contribution in [0.4, 0.5) is 0 Å². The van der Waals surface area contributed by atoms with Crippen molar-refractivity contribution in [2.24, 2.45) is 11.3 Å². The molecule has 2 heteroatoms. The zero-order valence-electron chi connectivity index (χ0n) is 11.5. The van der Waals surface area contributed by atoms with E-state index in [0.717, 1.165) is 9.84 Å². The van der Waals surface area contributed by atoms with Crippen molar-refractivity contribution in [3.05, 3.63) is 0 Å². The summed E-state index contributed by atoms with van der Waals surface area (Å²) in [7, 11) is 0. The molecule has 2 saturated carbocycles. The molecule has 2 fully saturated rings. The fourth-order valence-electron chi connectivity index (χ4n) is 3.81. The fourth-order valence-corrected chi connectivity index (χ4v) is 4.78. The molecular formula is C15H27IO. The van der Waals surface area contributed by atoms with Crippen molar-refractivity contribution in [2.75, 3.05) is 0 Å². The van der Waals surface area contributed by atoms with Gasteiger partial charge in [-0.3, -0.25) is 0 Å². The molecule has 0 saturated heterocycles. The Labute approximate surface area is 120 Å². The molecule has 100 valence electrons. The first-order valence-corrected chi connectivity index (χ1v) is 8.50. The molecule has 2 aliphatic carbocycles. The van der Waals surface area contributed by atoms with E-state index in [4.69, 9.17) is 4.74 Å². The summed E-state index contributed by atoms with van der Waals surface area (Å²) in [5.74, 6) is 0.833. The summed E-state index contributed by atoms with van der Waals surface area (Å²) in [5, 5.41) is 0. The minimum atomic E-state index is 0.484. The highest BCUT2D eigenvalue weighted by Crippen LogP contribution is 2.41. The van der Waals surface area contributed by atoms with Crippen LogP contribution in [0.2, 0.25) is 0 Å². The van der Waals surface area contributed by atoms with Gasteiger partial charge in [-0.15, -0.1) is 0 Å². The van der Waals surface area contributed by atoms with E-state index >= 15 is 0 Å². The van der Waals surface area contributed by atoms with Crippen molar-refractivity contribution in [3.8, 4) is 0 Å². The molecule has 0 aliphatic heterocycles. The number of halogens is 1. The van der Waals surface area contributed by atoms with Gasteiger partial charge in [0.1, 0.15) is 0 Å². The molecule has 0 aromatic heterocycles. The van der Waals surface area contributed by atoms with Gasteiger partial charge in [-0.25, -0.2) is 0 Å². The van der Waals surface area contributed by atoms with Gasteiger partial charge in [0.15, 0.2) is 0 Å². The third-order valence-corrected chi connectivity index (χ3v) is 5.76. The Hall–Kier alpha value is 0.690. The van der Waals surface area contributed by atoms with Crippen LogP contribution in [0.3, 0.4) is 0 Å². The molecule has 2 rings (SSSR count). The molecular weight excluding hydrogens is 323 g/mol. The first kappa shape index (κ1) is 14.1. The Morgan fingerprint density at radius 1 is 1.12 bits per heavy atom. The molecule has 0 bridgehead atoms. The summed E-state index contributed by atoms with van der Waals surface area (Å²) in [4.78, 5) is 0. The number of rotatable bonds is 2. The largest absolute Gasteiger partial charge is 0.374 e. The predicted molar refractivity (Wildman–Crippen MR) is 81.7 cm³/mol. The Morgan fingerprint density at radius 3 is 2.47 bits per heavy atom. The van der Waals surface area contributed by atoms with Crippen molar-refractivity contribution >= 4 is 22.6 Å². The van der Waals surface area contributed by atoms with Gasteiger partial charge in [0.25, 0.3) is 0 Å². The molecule has 1 nitrogen and oxygen atoms in total. The van der Waals surface area contributed by atoms with E-state index in [1.54, 1.807) is 0 Å². The van der Waals surface area contributed by atoms with E-state index in [1.165, 1.54) is 44.9 Å². The van der Waals surface area contributed by atoms with Crippen LogP contribution in [0, 0.1) is 11.3 Å². The van der Waals surface area contributed by atoms with Gasteiger partial charge in [0, 0.05) is 3.92 Å². The normalized spacial score (nSPS) is 42.4. The molecule has 0 radical (unpaired) electrons. The highest BCUT2D eigenvalue weighted by atomic mass is 127. The van der Waals surface area contributed by atoms with Gasteiger partial charge < -0.3 is 4.74 Å². The Balaban J connectivity index is 1.89. The number of alkyl halides is 1. The molecule has 0 heterocycles. The summed E-state index contributed by atoms with van der Waals surface area (Å²) in [5.41, 5.74) is 0.484. The third-order valence-electron chi connectivity index (χ3n) is 4.34. The second-order valence-corrected chi connectivity index (χ2v) is 8.61. The lowest BCUT2D eigenvalue weighted by atomic mass is 9.71. The molecule has 0 aromatic carbocycles. The zero-order chi connectivity index (χ0) is 12.5. The van der Waals surface area contributed by atoms with Crippen molar-refractivity contribution in [1.82, 2.24) is 0 Å². The first-order valence-electron chi connectivity index (χ1n) is 7.26. The minimum absolute atomic E-state index is 0.484. The lowest BCUT2D eigenvalue weighted by Crippen LogP contribution is -2.38. The molecule has 0 aromatic rings. The summed E-state index contributed by atoms with van der Waals surface area (Å²) in [6.45, 7) is 7.20. The molecule has 0 N–H and O–H groups in total. The molecule has 2 aliphatic rings. The number of ether oxygens (including phenoxy) is 1. The smallest absolute Gasteiger partial charge is 0.0696 e. The van der Waals surface area contributed by atoms with Crippen LogP contribution in [0.15, 0.2) is 0 Å². The first-order chi connectivity index (χ1) is 7.96. The van der Waals surface area contributed by atoms with E-state index in [1.807, 2.05) is 0 Å². The van der Waals surface area contributed by atoms with Crippen LogP contribution in [0.25, 0.3) is 0 Å². The zero-order valence-corrected chi connectivity index (χ0v) is 13.7. The topological polar surface area (TPSA) is 9.23 Å². The van der Waals surface area contributed by atoms with Crippen molar-refractivity contribution < 1.29 is 4.74 Å². The third kappa shape index (κ3) is 4.09. The van der Waals surface area contributed by atoms with Crippen LogP contribution < -0.4 is 0 Å². The van der Waals surface area contributed by atoms with E-state index < -0.39 is 0 Å². The van der Waals surface area contributed by atoms with Gasteiger partial charge >= 0.3 is 0 Å². The van der Waals surface area contributed by atoms with Crippen molar-refractivity contribution in [2.45, 2.75) is 81.8 Å². The fraction of sp³-hybridized carbons (Fsp3) is 1.00.